The number of anilines is 2. The molecule has 1 heterocycles. The first-order valence-corrected chi connectivity index (χ1v) is 9.03. The monoisotopic (exact) mass is 404 g/mol. The molecule has 28 heavy (non-hydrogen) atoms. The SMILES string of the molecule is O=C(Nc1cc([N+](=O)[O-])ccc1Cl)c1ccc(N2CCCCC2)c([N+](=O)[O-])c1. The molecule has 0 atom stereocenters. The lowest BCUT2D eigenvalue weighted by molar-refractivity contribution is -0.384. The van der Waals surface area contributed by atoms with Crippen molar-refractivity contribution in [3.05, 3.63) is 67.2 Å². The van der Waals surface area contributed by atoms with E-state index in [0.29, 0.717) is 5.69 Å². The standard InChI is InChI=1S/C18H17ClN4O5/c19-14-6-5-13(22(25)26)11-15(14)20-18(24)12-4-7-16(17(10-12)23(27)28)21-8-2-1-3-9-21/h4-7,10-11H,1-3,8-9H2,(H,20,24). The third-order valence-corrected chi connectivity index (χ3v) is 4.87. The van der Waals surface area contributed by atoms with E-state index in [0.717, 1.165) is 38.4 Å². The predicted octanol–water partition coefficient (Wildman–Crippen LogP) is 4.40. The maximum Gasteiger partial charge on any atom is 0.293 e. The van der Waals surface area contributed by atoms with E-state index >= 15 is 0 Å². The number of rotatable bonds is 5. The first-order chi connectivity index (χ1) is 13.4. The Hall–Kier alpha value is -3.20. The summed E-state index contributed by atoms with van der Waals surface area (Å²) in [6.07, 6.45) is 3.02. The molecule has 0 bridgehead atoms. The maximum atomic E-state index is 12.5. The molecule has 146 valence electrons. The molecule has 0 unspecified atom stereocenters. The predicted molar refractivity (Wildman–Crippen MR) is 105 cm³/mol. The Balaban J connectivity index is 1.88. The third-order valence-electron chi connectivity index (χ3n) is 4.54. The van der Waals surface area contributed by atoms with Crippen LogP contribution in [-0.2, 0) is 0 Å². The van der Waals surface area contributed by atoms with Gasteiger partial charge in [0.1, 0.15) is 5.69 Å². The molecule has 1 saturated heterocycles. The Bertz CT molecular complexity index is 944. The number of amides is 1. The van der Waals surface area contributed by atoms with Crippen molar-refractivity contribution in [2.45, 2.75) is 19.3 Å². The van der Waals surface area contributed by atoms with Gasteiger partial charge in [-0.05, 0) is 37.5 Å². The molecule has 1 aliphatic heterocycles. The zero-order valence-corrected chi connectivity index (χ0v) is 15.5. The minimum absolute atomic E-state index is 0.0589. The van der Waals surface area contributed by atoms with Crippen LogP contribution in [0, 0.1) is 20.2 Å². The number of hydrogen-bond acceptors (Lipinski definition) is 6. The Morgan fingerprint density at radius 2 is 1.71 bits per heavy atom. The number of benzene rings is 2. The number of carbonyl (C=O) groups excluding carboxylic acids is 1. The summed E-state index contributed by atoms with van der Waals surface area (Å²) in [5.74, 6) is -0.643. The average Bonchev–Trinajstić information content (AvgIpc) is 2.69. The molecule has 3 rings (SSSR count). The molecular formula is C18H17ClN4O5. The quantitative estimate of drug-likeness (QED) is 0.582. The number of nitrogens with one attached hydrogen (secondary N) is 1. The molecule has 0 spiro atoms. The molecule has 1 amide bonds. The van der Waals surface area contributed by atoms with Gasteiger partial charge in [-0.15, -0.1) is 0 Å². The van der Waals surface area contributed by atoms with Gasteiger partial charge in [0.15, 0.2) is 0 Å². The van der Waals surface area contributed by atoms with Gasteiger partial charge >= 0.3 is 0 Å². The van der Waals surface area contributed by atoms with Crippen LogP contribution in [0.2, 0.25) is 5.02 Å². The molecule has 1 N–H and O–H groups in total. The highest BCUT2D eigenvalue weighted by atomic mass is 35.5. The van der Waals surface area contributed by atoms with E-state index in [4.69, 9.17) is 11.6 Å². The lowest BCUT2D eigenvalue weighted by atomic mass is 10.1. The molecule has 1 fully saturated rings. The molecule has 10 heteroatoms. The second kappa shape index (κ2) is 8.22. The van der Waals surface area contributed by atoms with Gasteiger partial charge in [0.25, 0.3) is 17.3 Å². The van der Waals surface area contributed by atoms with Crippen molar-refractivity contribution < 1.29 is 14.6 Å². The van der Waals surface area contributed by atoms with Crippen molar-refractivity contribution in [3.8, 4) is 0 Å². The van der Waals surface area contributed by atoms with E-state index in [-0.39, 0.29) is 27.6 Å². The normalized spacial score (nSPS) is 13.8. The van der Waals surface area contributed by atoms with Crippen molar-refractivity contribution in [2.75, 3.05) is 23.3 Å². The van der Waals surface area contributed by atoms with Crippen molar-refractivity contribution >= 4 is 40.3 Å². The van der Waals surface area contributed by atoms with Crippen LogP contribution in [0.1, 0.15) is 29.6 Å². The van der Waals surface area contributed by atoms with E-state index in [1.54, 1.807) is 6.07 Å². The minimum atomic E-state index is -0.643. The average molecular weight is 405 g/mol. The van der Waals surface area contributed by atoms with Crippen LogP contribution in [0.5, 0.6) is 0 Å². The van der Waals surface area contributed by atoms with Gasteiger partial charge in [0, 0.05) is 36.9 Å². The summed E-state index contributed by atoms with van der Waals surface area (Å²) in [5.41, 5.74) is 0.221. The first-order valence-electron chi connectivity index (χ1n) is 8.65. The molecular weight excluding hydrogens is 388 g/mol. The number of nitro benzene ring substituents is 2. The highest BCUT2D eigenvalue weighted by molar-refractivity contribution is 6.34. The van der Waals surface area contributed by atoms with Crippen molar-refractivity contribution in [3.63, 3.8) is 0 Å². The Morgan fingerprint density at radius 1 is 1.00 bits per heavy atom. The van der Waals surface area contributed by atoms with Gasteiger partial charge in [-0.25, -0.2) is 0 Å². The smallest absolute Gasteiger partial charge is 0.293 e. The zero-order chi connectivity index (χ0) is 20.3. The lowest BCUT2D eigenvalue weighted by Gasteiger charge is -2.28. The third kappa shape index (κ3) is 4.20. The van der Waals surface area contributed by atoms with Crippen LogP contribution in [0.25, 0.3) is 0 Å². The Kier molecular flexibility index (Phi) is 5.74. The molecule has 0 saturated carbocycles. The second-order valence-corrected chi connectivity index (χ2v) is 6.79. The van der Waals surface area contributed by atoms with Crippen LogP contribution in [0.3, 0.4) is 0 Å². The van der Waals surface area contributed by atoms with Crippen LogP contribution in [0.15, 0.2) is 36.4 Å². The summed E-state index contributed by atoms with van der Waals surface area (Å²) in [6, 6.07) is 7.93. The summed E-state index contributed by atoms with van der Waals surface area (Å²) in [7, 11) is 0. The van der Waals surface area contributed by atoms with E-state index in [2.05, 4.69) is 5.32 Å². The summed E-state index contributed by atoms with van der Waals surface area (Å²) in [4.78, 5) is 35.8. The van der Waals surface area contributed by atoms with Crippen LogP contribution >= 0.6 is 11.6 Å². The number of non-ortho nitro benzene ring substituents is 1. The van der Waals surface area contributed by atoms with Crippen LogP contribution in [-0.4, -0.2) is 28.8 Å². The summed E-state index contributed by atoms with van der Waals surface area (Å²) in [6.45, 7) is 1.46. The van der Waals surface area contributed by atoms with Crippen molar-refractivity contribution in [1.29, 1.82) is 0 Å². The lowest BCUT2D eigenvalue weighted by Crippen LogP contribution is -2.30. The zero-order valence-electron chi connectivity index (χ0n) is 14.8. The van der Waals surface area contributed by atoms with E-state index in [9.17, 15) is 25.0 Å². The number of hydrogen-bond donors (Lipinski definition) is 1. The molecule has 1 aliphatic rings. The van der Waals surface area contributed by atoms with Crippen LogP contribution < -0.4 is 10.2 Å². The molecule has 0 aromatic heterocycles. The summed E-state index contributed by atoms with van der Waals surface area (Å²) in [5, 5.41) is 25.0. The molecule has 2 aromatic carbocycles. The van der Waals surface area contributed by atoms with Gasteiger partial charge in [0.05, 0.1) is 20.6 Å². The fourth-order valence-electron chi connectivity index (χ4n) is 3.13. The van der Waals surface area contributed by atoms with Gasteiger partial charge in [-0.3, -0.25) is 25.0 Å². The van der Waals surface area contributed by atoms with Crippen LogP contribution in [0.4, 0.5) is 22.7 Å². The highest BCUT2D eigenvalue weighted by Crippen LogP contribution is 2.32. The molecule has 9 nitrogen and oxygen atoms in total. The highest BCUT2D eigenvalue weighted by Gasteiger charge is 2.23. The maximum absolute atomic E-state index is 12.5. The topological polar surface area (TPSA) is 119 Å². The summed E-state index contributed by atoms with van der Waals surface area (Å²) < 4.78 is 0. The fraction of sp³-hybridized carbons (Fsp3) is 0.278. The van der Waals surface area contributed by atoms with Crippen molar-refractivity contribution in [1.82, 2.24) is 0 Å². The number of nitrogens with zero attached hydrogens (tertiary/aromatic N) is 3. The summed E-state index contributed by atoms with van der Waals surface area (Å²) >= 11 is 5.99. The molecule has 2 aromatic rings. The van der Waals surface area contributed by atoms with Gasteiger partial charge in [-0.1, -0.05) is 11.6 Å². The van der Waals surface area contributed by atoms with E-state index < -0.39 is 15.8 Å². The van der Waals surface area contributed by atoms with Crippen molar-refractivity contribution in [2.24, 2.45) is 0 Å². The largest absolute Gasteiger partial charge is 0.366 e. The molecule has 0 radical (unpaired) electrons. The number of halogens is 1. The second-order valence-electron chi connectivity index (χ2n) is 6.38. The number of nitro groups is 2. The number of carbonyl (C=O) groups is 1. The fourth-order valence-corrected chi connectivity index (χ4v) is 3.30. The van der Waals surface area contributed by atoms with Gasteiger partial charge in [-0.2, -0.15) is 0 Å². The Labute approximate surface area is 165 Å². The van der Waals surface area contributed by atoms with Gasteiger partial charge < -0.3 is 10.2 Å². The Morgan fingerprint density at radius 3 is 2.36 bits per heavy atom. The number of piperidine rings is 1. The first kappa shape index (κ1) is 19.6. The van der Waals surface area contributed by atoms with E-state index in [1.807, 2.05) is 4.90 Å². The molecule has 0 aliphatic carbocycles. The van der Waals surface area contributed by atoms with Gasteiger partial charge in [0.2, 0.25) is 0 Å². The minimum Gasteiger partial charge on any atom is -0.366 e. The van der Waals surface area contributed by atoms with E-state index in [1.165, 1.54) is 24.3 Å².